The van der Waals surface area contributed by atoms with Crippen molar-refractivity contribution in [2.24, 2.45) is 11.5 Å². The van der Waals surface area contributed by atoms with Gasteiger partial charge in [-0.25, -0.2) is 9.59 Å². The zero-order chi connectivity index (χ0) is 11.1. The van der Waals surface area contributed by atoms with Gasteiger partial charge in [-0.05, 0) is 12.8 Å². The van der Waals surface area contributed by atoms with Gasteiger partial charge in [-0.15, -0.1) is 0 Å². The molecule has 2 atom stereocenters. The molecule has 1 aliphatic rings. The number of hydrogen-bond donors (Lipinski definition) is 4. The maximum Gasteiger partial charge on any atom is 2.00 e. The van der Waals surface area contributed by atoms with Crippen molar-refractivity contribution >= 4 is 11.9 Å². The molecule has 0 aliphatic heterocycles. The summed E-state index contributed by atoms with van der Waals surface area (Å²) in [5.41, 5.74) is 11.3. The SMILES string of the molecule is N[C@@H]1CCCC[C@@H]1N.O=C(O)C(=O)O.[Pt+2]. The van der Waals surface area contributed by atoms with Gasteiger partial charge in [-0.3, -0.25) is 0 Å². The summed E-state index contributed by atoms with van der Waals surface area (Å²) < 4.78 is 0. The van der Waals surface area contributed by atoms with E-state index in [9.17, 15) is 0 Å². The number of hydrogen-bond acceptors (Lipinski definition) is 4. The predicted molar refractivity (Wildman–Crippen MR) is 49.7 cm³/mol. The molecule has 0 aromatic carbocycles. The summed E-state index contributed by atoms with van der Waals surface area (Å²) in [6, 6.07) is 0.562. The first kappa shape index (κ1) is 17.0. The van der Waals surface area contributed by atoms with Crippen LogP contribution < -0.4 is 11.5 Å². The van der Waals surface area contributed by atoms with Gasteiger partial charge in [0.05, 0.1) is 0 Å². The Bertz CT molecular complexity index is 191. The minimum atomic E-state index is -1.82. The van der Waals surface area contributed by atoms with E-state index >= 15 is 0 Å². The second-order valence-corrected chi connectivity index (χ2v) is 3.22. The van der Waals surface area contributed by atoms with Gasteiger partial charge in [0, 0.05) is 12.1 Å². The number of rotatable bonds is 0. The zero-order valence-corrected chi connectivity index (χ0v) is 10.4. The van der Waals surface area contributed by atoms with Crippen LogP contribution in [0.1, 0.15) is 25.7 Å². The molecule has 6 N–H and O–H groups in total. The predicted octanol–water partition coefficient (Wildman–Crippen LogP) is -0.632. The van der Waals surface area contributed by atoms with Gasteiger partial charge < -0.3 is 21.7 Å². The monoisotopic (exact) mass is 399 g/mol. The fourth-order valence-electron chi connectivity index (χ4n) is 1.19. The van der Waals surface area contributed by atoms with Crippen LogP contribution in [0.4, 0.5) is 0 Å². The Balaban J connectivity index is 0. The molecule has 6 nitrogen and oxygen atoms in total. The van der Waals surface area contributed by atoms with Crippen LogP contribution in [0.3, 0.4) is 0 Å². The first-order valence-electron chi connectivity index (χ1n) is 4.42. The van der Waals surface area contributed by atoms with E-state index in [0.717, 1.165) is 12.8 Å². The van der Waals surface area contributed by atoms with Gasteiger partial charge in [0.15, 0.2) is 0 Å². The van der Waals surface area contributed by atoms with Crippen LogP contribution in [0.5, 0.6) is 0 Å². The second kappa shape index (κ2) is 8.82. The van der Waals surface area contributed by atoms with E-state index in [1.54, 1.807) is 0 Å². The van der Waals surface area contributed by atoms with Crippen LogP contribution in [0.2, 0.25) is 0 Å². The second-order valence-electron chi connectivity index (χ2n) is 3.22. The summed E-state index contributed by atoms with van der Waals surface area (Å²) in [5.74, 6) is -3.65. The van der Waals surface area contributed by atoms with Gasteiger partial charge in [-0.2, -0.15) is 0 Å². The topological polar surface area (TPSA) is 127 Å². The minimum absolute atomic E-state index is 0. The van der Waals surface area contributed by atoms with Crippen LogP contribution in [0.15, 0.2) is 0 Å². The molecule has 90 valence electrons. The molecule has 1 fully saturated rings. The molecule has 0 spiro atoms. The van der Waals surface area contributed by atoms with Gasteiger partial charge in [-0.1, -0.05) is 12.8 Å². The largest absolute Gasteiger partial charge is 2.00 e. The van der Waals surface area contributed by atoms with Crippen molar-refractivity contribution in [2.45, 2.75) is 37.8 Å². The van der Waals surface area contributed by atoms with E-state index in [2.05, 4.69) is 0 Å². The Labute approximate surface area is 102 Å². The number of carboxylic acids is 2. The van der Waals surface area contributed by atoms with Crippen molar-refractivity contribution < 1.29 is 40.9 Å². The molecule has 0 aromatic heterocycles. The average Bonchev–Trinajstić information content (AvgIpc) is 2.11. The quantitative estimate of drug-likeness (QED) is 0.402. The Morgan fingerprint density at radius 3 is 1.33 bits per heavy atom. The molecule has 0 unspecified atom stereocenters. The molecule has 0 radical (unpaired) electrons. The van der Waals surface area contributed by atoms with E-state index in [1.165, 1.54) is 12.8 Å². The van der Waals surface area contributed by atoms with Crippen LogP contribution in [-0.4, -0.2) is 34.2 Å². The van der Waals surface area contributed by atoms with Crippen LogP contribution in [0.25, 0.3) is 0 Å². The summed E-state index contributed by atoms with van der Waals surface area (Å²) in [5, 5.41) is 14.8. The van der Waals surface area contributed by atoms with E-state index in [4.69, 9.17) is 31.3 Å². The molecule has 7 heteroatoms. The van der Waals surface area contributed by atoms with Gasteiger partial charge >= 0.3 is 33.0 Å². The third-order valence-electron chi connectivity index (χ3n) is 2.06. The normalized spacial score (nSPS) is 24.1. The number of aliphatic carboxylic acids is 2. The van der Waals surface area contributed by atoms with Crippen LogP contribution >= 0.6 is 0 Å². The Morgan fingerprint density at radius 2 is 1.20 bits per heavy atom. The van der Waals surface area contributed by atoms with Crippen molar-refractivity contribution in [1.82, 2.24) is 0 Å². The van der Waals surface area contributed by atoms with Crippen molar-refractivity contribution in [1.29, 1.82) is 0 Å². The maximum atomic E-state index is 9.10. The molecule has 1 aliphatic carbocycles. The van der Waals surface area contributed by atoms with E-state index in [-0.39, 0.29) is 33.1 Å². The Kier molecular flexibility index (Phi) is 9.98. The van der Waals surface area contributed by atoms with Gasteiger partial charge in [0.1, 0.15) is 0 Å². The third kappa shape index (κ3) is 8.54. The minimum Gasteiger partial charge on any atom is -0.473 e. The summed E-state index contributed by atoms with van der Waals surface area (Å²) in [6.07, 6.45) is 4.80. The number of carbonyl (C=O) groups is 2. The third-order valence-corrected chi connectivity index (χ3v) is 2.06. The molecule has 1 saturated carbocycles. The van der Waals surface area contributed by atoms with Crippen molar-refractivity contribution in [3.05, 3.63) is 0 Å². The summed E-state index contributed by atoms with van der Waals surface area (Å²) >= 11 is 0. The van der Waals surface area contributed by atoms with E-state index in [0.29, 0.717) is 0 Å². The molecular weight excluding hydrogens is 383 g/mol. The van der Waals surface area contributed by atoms with E-state index < -0.39 is 11.9 Å². The number of carboxylic acid groups (broad SMARTS) is 2. The maximum absolute atomic E-state index is 9.10. The molecule has 0 saturated heterocycles. The van der Waals surface area contributed by atoms with E-state index in [1.807, 2.05) is 0 Å². The molecule has 0 heterocycles. The smallest absolute Gasteiger partial charge is 0.473 e. The van der Waals surface area contributed by atoms with Crippen LogP contribution in [-0.2, 0) is 30.7 Å². The summed E-state index contributed by atoms with van der Waals surface area (Å²) in [4.78, 5) is 18.2. The van der Waals surface area contributed by atoms with Crippen molar-refractivity contribution in [3.8, 4) is 0 Å². The Morgan fingerprint density at radius 1 is 0.933 bits per heavy atom. The fourth-order valence-corrected chi connectivity index (χ4v) is 1.19. The molecule has 0 aromatic rings. The molecule has 15 heavy (non-hydrogen) atoms. The Hall–Kier alpha value is -0.452. The first-order chi connectivity index (χ1) is 6.45. The van der Waals surface area contributed by atoms with Crippen molar-refractivity contribution in [2.75, 3.05) is 0 Å². The average molecular weight is 399 g/mol. The zero-order valence-electron chi connectivity index (χ0n) is 8.16. The molecular formula is C8H16N2O4Pt+2. The molecule has 1 rings (SSSR count). The number of nitrogens with two attached hydrogens (primary N) is 2. The van der Waals surface area contributed by atoms with Crippen molar-refractivity contribution in [3.63, 3.8) is 0 Å². The summed E-state index contributed by atoms with van der Waals surface area (Å²) in [7, 11) is 0. The van der Waals surface area contributed by atoms with Gasteiger partial charge in [0.25, 0.3) is 0 Å². The first-order valence-corrected chi connectivity index (χ1v) is 4.42. The standard InChI is InChI=1S/C6H14N2.C2H2O4.Pt/c7-5-3-1-2-4-6(5)8;3-1(4)2(5)6;/h5-6H,1-4,7-8H2;(H,3,4)(H,5,6);/q;;+2/t5-,6+;;. The molecule has 0 bridgehead atoms. The van der Waals surface area contributed by atoms with Crippen LogP contribution in [0, 0.1) is 0 Å². The molecule has 0 amide bonds. The van der Waals surface area contributed by atoms with Gasteiger partial charge in [0.2, 0.25) is 0 Å². The summed E-state index contributed by atoms with van der Waals surface area (Å²) in [6.45, 7) is 0. The fraction of sp³-hybridized carbons (Fsp3) is 0.750.